The van der Waals surface area contributed by atoms with Crippen molar-refractivity contribution in [1.29, 1.82) is 0 Å². The fourth-order valence-corrected chi connectivity index (χ4v) is 2.14. The van der Waals surface area contributed by atoms with Gasteiger partial charge in [-0.2, -0.15) is 0 Å². The number of halogens is 1. The Balaban J connectivity index is 2.19. The van der Waals surface area contributed by atoms with E-state index in [9.17, 15) is 10.1 Å². The van der Waals surface area contributed by atoms with E-state index in [0.717, 1.165) is 5.69 Å². The first-order valence-electron chi connectivity index (χ1n) is 5.63. The van der Waals surface area contributed by atoms with E-state index in [1.165, 1.54) is 6.07 Å². The molecule has 0 aliphatic carbocycles. The average molecular weight is 339 g/mol. The Morgan fingerprint density at radius 3 is 2.85 bits per heavy atom. The van der Waals surface area contributed by atoms with Crippen LogP contribution in [0.5, 0.6) is 5.75 Å². The van der Waals surface area contributed by atoms with Crippen LogP contribution in [0.2, 0.25) is 0 Å². The molecule has 0 radical (unpaired) electrons. The molecule has 7 nitrogen and oxygen atoms in total. The van der Waals surface area contributed by atoms with Crippen molar-refractivity contribution in [3.05, 3.63) is 50.4 Å². The number of benzene rings is 1. The smallest absolute Gasteiger partial charge is 0.287 e. The third-order valence-corrected chi connectivity index (χ3v) is 3.21. The number of hydrogen-bond donors (Lipinski definition) is 1. The van der Waals surface area contributed by atoms with Crippen LogP contribution < -0.4 is 10.5 Å². The van der Waals surface area contributed by atoms with Gasteiger partial charge < -0.3 is 10.5 Å². The van der Waals surface area contributed by atoms with Crippen molar-refractivity contribution in [3.63, 3.8) is 0 Å². The molecule has 2 rings (SSSR count). The van der Waals surface area contributed by atoms with Gasteiger partial charge in [0, 0.05) is 17.8 Å². The van der Waals surface area contributed by atoms with Gasteiger partial charge in [0.25, 0.3) is 5.69 Å². The zero-order chi connectivity index (χ0) is 14.7. The minimum absolute atomic E-state index is 0.0628. The van der Waals surface area contributed by atoms with Crippen LogP contribution in [0.4, 0.5) is 11.5 Å². The maximum atomic E-state index is 10.8. The molecule has 1 aromatic carbocycles. The van der Waals surface area contributed by atoms with Gasteiger partial charge >= 0.3 is 0 Å². The maximum Gasteiger partial charge on any atom is 0.287 e. The maximum absolute atomic E-state index is 10.8. The van der Waals surface area contributed by atoms with Crippen LogP contribution in [0, 0.1) is 17.0 Å². The molecule has 0 saturated carbocycles. The van der Waals surface area contributed by atoms with Crippen molar-refractivity contribution >= 4 is 27.4 Å². The molecule has 0 aliphatic heterocycles. The van der Waals surface area contributed by atoms with Crippen molar-refractivity contribution in [2.75, 3.05) is 5.73 Å². The summed E-state index contributed by atoms with van der Waals surface area (Å²) < 4.78 is 5.77. The van der Waals surface area contributed by atoms with Gasteiger partial charge in [-0.05, 0) is 28.9 Å². The highest BCUT2D eigenvalue weighted by atomic mass is 79.9. The summed E-state index contributed by atoms with van der Waals surface area (Å²) in [6, 6.07) is 6.20. The summed E-state index contributed by atoms with van der Waals surface area (Å²) >= 11 is 3.15. The number of nitro benzene ring substituents is 1. The molecule has 0 spiro atoms. The lowest BCUT2D eigenvalue weighted by Gasteiger charge is -2.08. The molecule has 2 aromatic rings. The standard InChI is InChI=1S/C12H11BrN4O3/c1-7-5-10(14)16-11(15-7)6-20-9-4-2-3-8(12(9)13)17(18)19/h2-5H,6H2,1H3,(H2,14,15,16). The first-order chi connectivity index (χ1) is 9.47. The summed E-state index contributed by atoms with van der Waals surface area (Å²) in [7, 11) is 0. The highest BCUT2D eigenvalue weighted by Gasteiger charge is 2.16. The van der Waals surface area contributed by atoms with Crippen molar-refractivity contribution in [1.82, 2.24) is 9.97 Å². The van der Waals surface area contributed by atoms with Gasteiger partial charge in [0.05, 0.1) is 4.92 Å². The number of rotatable bonds is 4. The number of nitro groups is 1. The van der Waals surface area contributed by atoms with Crippen LogP contribution in [-0.2, 0) is 6.61 Å². The van der Waals surface area contributed by atoms with Gasteiger partial charge in [-0.15, -0.1) is 0 Å². The van der Waals surface area contributed by atoms with Crippen LogP contribution >= 0.6 is 15.9 Å². The number of hydrogen-bond acceptors (Lipinski definition) is 6. The van der Waals surface area contributed by atoms with E-state index in [1.807, 2.05) is 0 Å². The van der Waals surface area contributed by atoms with E-state index < -0.39 is 4.92 Å². The molecule has 0 aliphatic rings. The monoisotopic (exact) mass is 338 g/mol. The number of nitrogens with zero attached hydrogens (tertiary/aromatic N) is 3. The van der Waals surface area contributed by atoms with Crippen molar-refractivity contribution in [3.8, 4) is 5.75 Å². The predicted molar refractivity (Wildman–Crippen MR) is 76.3 cm³/mol. The molecule has 1 heterocycles. The zero-order valence-corrected chi connectivity index (χ0v) is 12.1. The Kier molecular flexibility index (Phi) is 4.14. The Morgan fingerprint density at radius 1 is 1.45 bits per heavy atom. The Morgan fingerprint density at radius 2 is 2.20 bits per heavy atom. The molecule has 0 unspecified atom stereocenters. The Bertz CT molecular complexity index is 643. The molecule has 104 valence electrons. The summed E-state index contributed by atoms with van der Waals surface area (Å²) in [5.41, 5.74) is 6.28. The molecule has 2 N–H and O–H groups in total. The number of ether oxygens (including phenoxy) is 1. The van der Waals surface area contributed by atoms with Crippen molar-refractivity contribution in [2.24, 2.45) is 0 Å². The molecule has 0 fully saturated rings. The van der Waals surface area contributed by atoms with E-state index >= 15 is 0 Å². The molecule has 0 bridgehead atoms. The molecular formula is C12H11BrN4O3. The lowest BCUT2D eigenvalue weighted by Crippen LogP contribution is -2.05. The van der Waals surface area contributed by atoms with Crippen LogP contribution in [-0.4, -0.2) is 14.9 Å². The van der Waals surface area contributed by atoms with Gasteiger partial charge in [-0.1, -0.05) is 6.07 Å². The number of nitrogens with two attached hydrogens (primary N) is 1. The first kappa shape index (κ1) is 14.2. The van der Waals surface area contributed by atoms with Gasteiger partial charge in [-0.3, -0.25) is 10.1 Å². The minimum atomic E-state index is -0.488. The third kappa shape index (κ3) is 3.21. The van der Waals surface area contributed by atoms with Gasteiger partial charge in [0.2, 0.25) is 0 Å². The lowest BCUT2D eigenvalue weighted by atomic mass is 10.3. The summed E-state index contributed by atoms with van der Waals surface area (Å²) in [5.74, 6) is 1.12. The fourth-order valence-electron chi connectivity index (χ4n) is 1.61. The normalized spacial score (nSPS) is 10.3. The topological polar surface area (TPSA) is 104 Å². The Labute approximate surface area is 123 Å². The second-order valence-electron chi connectivity index (χ2n) is 3.99. The van der Waals surface area contributed by atoms with Crippen LogP contribution in [0.25, 0.3) is 0 Å². The van der Waals surface area contributed by atoms with E-state index in [0.29, 0.717) is 17.4 Å². The van der Waals surface area contributed by atoms with E-state index in [-0.39, 0.29) is 16.8 Å². The SMILES string of the molecule is Cc1cc(N)nc(COc2cccc([N+](=O)[O-])c2Br)n1. The minimum Gasteiger partial charge on any atom is -0.484 e. The van der Waals surface area contributed by atoms with Gasteiger partial charge in [0.15, 0.2) is 5.82 Å². The number of aryl methyl sites for hydroxylation is 1. The summed E-state index contributed by atoms with van der Waals surface area (Å²) in [4.78, 5) is 18.5. The highest BCUT2D eigenvalue weighted by Crippen LogP contribution is 2.34. The third-order valence-electron chi connectivity index (χ3n) is 2.42. The van der Waals surface area contributed by atoms with Crippen molar-refractivity contribution in [2.45, 2.75) is 13.5 Å². The summed E-state index contributed by atoms with van der Waals surface area (Å²) in [6.07, 6.45) is 0. The van der Waals surface area contributed by atoms with E-state index in [2.05, 4.69) is 25.9 Å². The molecule has 0 saturated heterocycles. The number of anilines is 1. The van der Waals surface area contributed by atoms with E-state index in [1.54, 1.807) is 25.1 Å². The summed E-state index contributed by atoms with van der Waals surface area (Å²) in [5, 5.41) is 10.8. The second kappa shape index (κ2) is 5.83. The molecule has 1 aromatic heterocycles. The fraction of sp³-hybridized carbons (Fsp3) is 0.167. The summed E-state index contributed by atoms with van der Waals surface area (Å²) in [6.45, 7) is 1.87. The van der Waals surface area contributed by atoms with Crippen molar-refractivity contribution < 1.29 is 9.66 Å². The van der Waals surface area contributed by atoms with E-state index in [4.69, 9.17) is 10.5 Å². The largest absolute Gasteiger partial charge is 0.484 e. The van der Waals surface area contributed by atoms with Gasteiger partial charge in [0.1, 0.15) is 22.6 Å². The molecule has 0 atom stereocenters. The Hall–Kier alpha value is -2.22. The first-order valence-corrected chi connectivity index (χ1v) is 6.42. The zero-order valence-electron chi connectivity index (χ0n) is 10.5. The van der Waals surface area contributed by atoms with Crippen LogP contribution in [0.3, 0.4) is 0 Å². The molecule has 8 heteroatoms. The number of nitrogen functional groups attached to an aromatic ring is 1. The number of aromatic nitrogens is 2. The highest BCUT2D eigenvalue weighted by molar-refractivity contribution is 9.10. The average Bonchev–Trinajstić information content (AvgIpc) is 2.36. The second-order valence-corrected chi connectivity index (χ2v) is 4.78. The lowest BCUT2D eigenvalue weighted by molar-refractivity contribution is -0.385. The van der Waals surface area contributed by atoms with Crippen LogP contribution in [0.1, 0.15) is 11.5 Å². The van der Waals surface area contributed by atoms with Crippen LogP contribution in [0.15, 0.2) is 28.7 Å². The molecular weight excluding hydrogens is 328 g/mol. The quantitative estimate of drug-likeness (QED) is 0.678. The van der Waals surface area contributed by atoms with Gasteiger partial charge in [-0.25, -0.2) is 9.97 Å². The predicted octanol–water partition coefficient (Wildman–Crippen LogP) is 2.62. The molecule has 0 amide bonds. The molecule has 20 heavy (non-hydrogen) atoms.